The number of ketones is 1. The lowest BCUT2D eigenvalue weighted by Crippen LogP contribution is -2.40. The number of alkyl halides is 6. The lowest BCUT2D eigenvalue weighted by molar-refractivity contribution is -0.138. The zero-order valence-corrected chi connectivity index (χ0v) is 16.8. The summed E-state index contributed by atoms with van der Waals surface area (Å²) in [5, 5.41) is 0. The second-order valence-corrected chi connectivity index (χ2v) is 8.20. The average molecular weight is 454 g/mol. The van der Waals surface area contributed by atoms with Gasteiger partial charge in [-0.15, -0.1) is 0 Å². The van der Waals surface area contributed by atoms with Gasteiger partial charge in [0.2, 0.25) is 5.78 Å². The van der Waals surface area contributed by atoms with Crippen molar-refractivity contribution in [1.29, 1.82) is 0 Å². The van der Waals surface area contributed by atoms with Crippen molar-refractivity contribution in [2.45, 2.75) is 44.1 Å². The average Bonchev–Trinajstić information content (AvgIpc) is 2.77. The van der Waals surface area contributed by atoms with Crippen LogP contribution in [-0.4, -0.2) is 11.9 Å². The van der Waals surface area contributed by atoms with Crippen molar-refractivity contribution < 1.29 is 35.9 Å². The standard InChI is InChI=1S/C24H20F6O2/c25-23(26,27)17-9-5-14(6-10-17)20-13-16-3-1-2-4-19(16)22(32-20)21(31)15-7-11-18(12-8-15)24(28,29)30/h5-13,16,19,22H,1-4H2/t16-,19+,22+/m0/s1. The van der Waals surface area contributed by atoms with Gasteiger partial charge in [0.15, 0.2) is 6.10 Å². The Morgan fingerprint density at radius 3 is 1.88 bits per heavy atom. The number of hydrogen-bond acceptors (Lipinski definition) is 2. The van der Waals surface area contributed by atoms with Crippen LogP contribution in [-0.2, 0) is 17.1 Å². The molecule has 1 aliphatic heterocycles. The van der Waals surface area contributed by atoms with Gasteiger partial charge >= 0.3 is 12.4 Å². The molecular formula is C24H20F6O2. The lowest BCUT2D eigenvalue weighted by Gasteiger charge is -2.39. The highest BCUT2D eigenvalue weighted by Gasteiger charge is 2.41. The van der Waals surface area contributed by atoms with Gasteiger partial charge in [-0.1, -0.05) is 37.1 Å². The lowest BCUT2D eigenvalue weighted by atomic mass is 9.72. The van der Waals surface area contributed by atoms with Crippen molar-refractivity contribution in [3.63, 3.8) is 0 Å². The minimum Gasteiger partial charge on any atom is -0.482 e. The fourth-order valence-electron chi connectivity index (χ4n) is 4.45. The first-order valence-corrected chi connectivity index (χ1v) is 10.3. The summed E-state index contributed by atoms with van der Waals surface area (Å²) in [5.41, 5.74) is -1.10. The number of hydrogen-bond donors (Lipinski definition) is 0. The maximum absolute atomic E-state index is 13.2. The molecule has 0 amide bonds. The molecule has 8 heteroatoms. The Morgan fingerprint density at radius 1 is 0.781 bits per heavy atom. The summed E-state index contributed by atoms with van der Waals surface area (Å²) in [7, 11) is 0. The quantitative estimate of drug-likeness (QED) is 0.364. The third-order valence-electron chi connectivity index (χ3n) is 6.14. The molecule has 0 unspecified atom stereocenters. The number of carbonyl (C=O) groups is 1. The molecule has 32 heavy (non-hydrogen) atoms. The van der Waals surface area contributed by atoms with Crippen LogP contribution in [0.4, 0.5) is 26.3 Å². The van der Waals surface area contributed by atoms with Crippen molar-refractivity contribution >= 4 is 11.5 Å². The Bertz CT molecular complexity index is 1000. The topological polar surface area (TPSA) is 26.3 Å². The Morgan fingerprint density at radius 2 is 1.31 bits per heavy atom. The fourth-order valence-corrected chi connectivity index (χ4v) is 4.45. The van der Waals surface area contributed by atoms with E-state index in [4.69, 9.17) is 4.74 Å². The molecule has 2 aromatic rings. The molecule has 1 saturated carbocycles. The van der Waals surface area contributed by atoms with Crippen LogP contribution in [0.1, 0.15) is 52.7 Å². The number of rotatable bonds is 3. The van der Waals surface area contributed by atoms with E-state index < -0.39 is 35.4 Å². The van der Waals surface area contributed by atoms with E-state index in [2.05, 4.69) is 0 Å². The largest absolute Gasteiger partial charge is 0.482 e. The van der Waals surface area contributed by atoms with Crippen LogP contribution in [0.5, 0.6) is 0 Å². The summed E-state index contributed by atoms with van der Waals surface area (Å²) in [6.07, 6.45) is -4.59. The third kappa shape index (κ3) is 4.54. The number of carbonyl (C=O) groups excluding carboxylic acids is 1. The summed E-state index contributed by atoms with van der Waals surface area (Å²) in [4.78, 5) is 13.2. The van der Waals surface area contributed by atoms with E-state index in [-0.39, 0.29) is 17.4 Å². The van der Waals surface area contributed by atoms with Gasteiger partial charge in [0.25, 0.3) is 0 Å². The van der Waals surface area contributed by atoms with E-state index in [0.717, 1.165) is 62.1 Å². The summed E-state index contributed by atoms with van der Waals surface area (Å²) in [6.45, 7) is 0. The minimum atomic E-state index is -4.50. The van der Waals surface area contributed by atoms with E-state index in [1.54, 1.807) is 0 Å². The molecule has 0 spiro atoms. The molecule has 3 atom stereocenters. The van der Waals surface area contributed by atoms with Crippen molar-refractivity contribution in [3.8, 4) is 0 Å². The summed E-state index contributed by atoms with van der Waals surface area (Å²) >= 11 is 0. The molecule has 1 heterocycles. The van der Waals surface area contributed by atoms with Crippen LogP contribution in [0.2, 0.25) is 0 Å². The molecule has 0 aromatic heterocycles. The zero-order chi connectivity index (χ0) is 23.1. The number of halogens is 6. The minimum absolute atomic E-state index is 0.0122. The van der Waals surface area contributed by atoms with Gasteiger partial charge in [0.1, 0.15) is 5.76 Å². The van der Waals surface area contributed by atoms with Gasteiger partial charge < -0.3 is 4.74 Å². The van der Waals surface area contributed by atoms with Crippen LogP contribution >= 0.6 is 0 Å². The number of Topliss-reactive ketones (excluding diaryl/α,β-unsaturated/α-hetero) is 1. The van der Waals surface area contributed by atoms with Gasteiger partial charge in [0, 0.05) is 17.0 Å². The van der Waals surface area contributed by atoms with Crippen LogP contribution in [0.25, 0.3) is 5.76 Å². The molecule has 170 valence electrons. The predicted octanol–water partition coefficient (Wildman–Crippen LogP) is 7.15. The van der Waals surface area contributed by atoms with Crippen LogP contribution in [0.15, 0.2) is 54.6 Å². The Kier molecular flexibility index (Phi) is 5.81. The van der Waals surface area contributed by atoms with Gasteiger partial charge in [-0.05, 0) is 49.1 Å². The van der Waals surface area contributed by atoms with Gasteiger partial charge in [-0.2, -0.15) is 26.3 Å². The first-order valence-electron chi connectivity index (χ1n) is 10.3. The number of allylic oxidation sites excluding steroid dienone is 1. The number of benzene rings is 2. The summed E-state index contributed by atoms with van der Waals surface area (Å²) in [6, 6.07) is 8.53. The Balaban J connectivity index is 1.62. The van der Waals surface area contributed by atoms with E-state index >= 15 is 0 Å². The molecule has 0 N–H and O–H groups in total. The van der Waals surface area contributed by atoms with Gasteiger partial charge in [-0.25, -0.2) is 0 Å². The van der Waals surface area contributed by atoms with Crippen molar-refractivity contribution in [2.24, 2.45) is 11.8 Å². The second-order valence-electron chi connectivity index (χ2n) is 8.20. The highest BCUT2D eigenvalue weighted by atomic mass is 19.4. The molecule has 0 bridgehead atoms. The van der Waals surface area contributed by atoms with Crippen LogP contribution in [0, 0.1) is 11.8 Å². The zero-order valence-electron chi connectivity index (χ0n) is 16.8. The van der Waals surface area contributed by atoms with E-state index in [9.17, 15) is 31.1 Å². The van der Waals surface area contributed by atoms with Crippen molar-refractivity contribution in [1.82, 2.24) is 0 Å². The first kappa shape index (κ1) is 22.4. The maximum atomic E-state index is 13.2. The van der Waals surface area contributed by atoms with Crippen LogP contribution in [0.3, 0.4) is 0 Å². The highest BCUT2D eigenvalue weighted by Crippen LogP contribution is 2.43. The molecule has 0 saturated heterocycles. The van der Waals surface area contributed by atoms with Crippen molar-refractivity contribution in [3.05, 3.63) is 76.9 Å². The molecule has 2 nitrogen and oxygen atoms in total. The second kappa shape index (κ2) is 8.30. The first-order chi connectivity index (χ1) is 15.0. The van der Waals surface area contributed by atoms with Gasteiger partial charge in [-0.3, -0.25) is 4.79 Å². The van der Waals surface area contributed by atoms with Gasteiger partial charge in [0.05, 0.1) is 11.1 Å². The summed E-state index contributed by atoms with van der Waals surface area (Å²) < 4.78 is 83.2. The maximum Gasteiger partial charge on any atom is 0.416 e. The fraction of sp³-hybridized carbons (Fsp3) is 0.375. The molecule has 0 radical (unpaired) electrons. The highest BCUT2D eigenvalue weighted by molar-refractivity contribution is 6.00. The number of ether oxygens (including phenoxy) is 1. The molecule has 2 aromatic carbocycles. The molecule has 4 rings (SSSR count). The predicted molar refractivity (Wildman–Crippen MR) is 106 cm³/mol. The van der Waals surface area contributed by atoms with Crippen LogP contribution < -0.4 is 0 Å². The van der Waals surface area contributed by atoms with Crippen molar-refractivity contribution in [2.75, 3.05) is 0 Å². The van der Waals surface area contributed by atoms with E-state index in [1.807, 2.05) is 6.08 Å². The normalized spacial score (nSPS) is 23.7. The Hall–Kier alpha value is -2.77. The third-order valence-corrected chi connectivity index (χ3v) is 6.14. The molecule has 1 aliphatic carbocycles. The molecule has 2 aliphatic rings. The Labute approximate surface area is 180 Å². The monoisotopic (exact) mass is 454 g/mol. The van der Waals surface area contributed by atoms with E-state index in [0.29, 0.717) is 11.3 Å². The number of fused-ring (bicyclic) bond motifs is 1. The molecule has 1 fully saturated rings. The smallest absolute Gasteiger partial charge is 0.416 e. The van der Waals surface area contributed by atoms with E-state index in [1.165, 1.54) is 12.1 Å². The molecular weight excluding hydrogens is 434 g/mol. The SMILES string of the molecule is O=C(c1ccc(C(F)(F)F)cc1)[C@@H]1OC(c2ccc(C(F)(F)F)cc2)=C[C@@H]2CCCC[C@H]21. The summed E-state index contributed by atoms with van der Waals surface area (Å²) in [5.74, 6) is -0.213.